The first-order valence-electron chi connectivity index (χ1n) is 11.4. The highest BCUT2D eigenvalue weighted by Crippen LogP contribution is 2.23. The van der Waals surface area contributed by atoms with Crippen LogP contribution in [0.2, 0.25) is 0 Å². The van der Waals surface area contributed by atoms with Gasteiger partial charge in [0.05, 0.1) is 5.92 Å². The number of benzene rings is 2. The van der Waals surface area contributed by atoms with E-state index in [1.807, 2.05) is 61.5 Å². The lowest BCUT2D eigenvalue weighted by molar-refractivity contribution is -0.165. The maximum absolute atomic E-state index is 14.0. The van der Waals surface area contributed by atoms with Gasteiger partial charge in [-0.3, -0.25) is 9.59 Å². The number of ether oxygens (including phenoxy) is 1. The van der Waals surface area contributed by atoms with E-state index >= 15 is 0 Å². The normalized spacial score (nSPS) is 13.1. The molecule has 2 aromatic rings. The van der Waals surface area contributed by atoms with Crippen molar-refractivity contribution >= 4 is 41.4 Å². The summed E-state index contributed by atoms with van der Waals surface area (Å²) in [5.41, 5.74) is 2.33. The summed E-state index contributed by atoms with van der Waals surface area (Å²) in [6.07, 6.45) is 0.470. The first kappa shape index (κ1) is 28.0. The van der Waals surface area contributed by atoms with Crippen LogP contribution in [0.1, 0.15) is 44.4 Å². The van der Waals surface area contributed by atoms with Crippen LogP contribution >= 0.6 is 24.4 Å². The molecule has 2 atom stereocenters. The Balaban J connectivity index is 2.42. The zero-order valence-corrected chi connectivity index (χ0v) is 22.3. The molecular formula is C27H35NO4S2. The van der Waals surface area contributed by atoms with Gasteiger partial charge in [0.15, 0.2) is 5.12 Å². The Morgan fingerprint density at radius 1 is 1.00 bits per heavy atom. The van der Waals surface area contributed by atoms with Gasteiger partial charge in [-0.15, -0.1) is 0 Å². The van der Waals surface area contributed by atoms with Gasteiger partial charge in [-0.25, -0.2) is 4.79 Å². The molecule has 7 heteroatoms. The van der Waals surface area contributed by atoms with E-state index in [1.165, 1.54) is 6.92 Å². The second-order valence-corrected chi connectivity index (χ2v) is 10.9. The Kier molecular flexibility index (Phi) is 10.7. The van der Waals surface area contributed by atoms with Crippen molar-refractivity contribution < 1.29 is 19.1 Å². The molecule has 0 aliphatic rings. The maximum Gasteiger partial charge on any atom is 0.330 e. The third-order valence-corrected chi connectivity index (χ3v) is 6.47. The van der Waals surface area contributed by atoms with Gasteiger partial charge in [-0.1, -0.05) is 71.9 Å². The van der Waals surface area contributed by atoms with Crippen LogP contribution in [0.5, 0.6) is 0 Å². The molecule has 0 fully saturated rings. The third-order valence-electron chi connectivity index (χ3n) is 5.15. The highest BCUT2D eigenvalue weighted by molar-refractivity contribution is 8.13. The third kappa shape index (κ3) is 9.18. The summed E-state index contributed by atoms with van der Waals surface area (Å²) in [7, 11) is 0. The van der Waals surface area contributed by atoms with Gasteiger partial charge in [0, 0.05) is 25.0 Å². The van der Waals surface area contributed by atoms with Crippen LogP contribution in [-0.2, 0) is 32.1 Å². The van der Waals surface area contributed by atoms with Gasteiger partial charge in [0.25, 0.3) is 0 Å². The molecule has 0 radical (unpaired) electrons. The van der Waals surface area contributed by atoms with Crippen LogP contribution < -0.4 is 0 Å². The molecular weight excluding hydrogens is 466 g/mol. The number of thioether (sulfide) groups is 1. The molecule has 1 unspecified atom stereocenters. The molecule has 0 aromatic heterocycles. The molecule has 0 aliphatic carbocycles. The zero-order valence-electron chi connectivity index (χ0n) is 20.6. The fourth-order valence-corrected chi connectivity index (χ4v) is 4.51. The van der Waals surface area contributed by atoms with Gasteiger partial charge < -0.3 is 9.64 Å². The Labute approximate surface area is 213 Å². The van der Waals surface area contributed by atoms with E-state index < -0.39 is 23.5 Å². The summed E-state index contributed by atoms with van der Waals surface area (Å²) < 4.78 is 5.63. The summed E-state index contributed by atoms with van der Waals surface area (Å²) in [6, 6.07) is 16.7. The molecule has 0 saturated heterocycles. The first-order chi connectivity index (χ1) is 16.0. The average molecular weight is 502 g/mol. The molecule has 0 bridgehead atoms. The highest BCUT2D eigenvalue weighted by atomic mass is 32.2. The lowest BCUT2D eigenvalue weighted by Gasteiger charge is -2.34. The first-order valence-corrected chi connectivity index (χ1v) is 13.0. The Morgan fingerprint density at radius 2 is 1.62 bits per heavy atom. The standard InChI is InChI=1S/C27H35NO4S2/c1-19-11-13-22(14-12-19)16-28(24(17-33)26(31)32-27(3,4)5)25(30)23(18-34-20(2)29)15-21-9-7-6-8-10-21/h6-14,23-24,33H,15-18H2,1-5H3/t23?,24-/m1/s1. The van der Waals surface area contributed by atoms with Crippen LogP contribution in [0, 0.1) is 12.8 Å². The molecule has 34 heavy (non-hydrogen) atoms. The molecule has 2 aromatic carbocycles. The summed E-state index contributed by atoms with van der Waals surface area (Å²) >= 11 is 5.55. The lowest BCUT2D eigenvalue weighted by atomic mass is 9.98. The van der Waals surface area contributed by atoms with Crippen LogP contribution in [0.3, 0.4) is 0 Å². The summed E-state index contributed by atoms with van der Waals surface area (Å²) in [5, 5.41) is -0.0474. The fraction of sp³-hybridized carbons (Fsp3) is 0.444. The van der Waals surface area contributed by atoms with E-state index in [1.54, 1.807) is 25.7 Å². The highest BCUT2D eigenvalue weighted by Gasteiger charge is 2.36. The van der Waals surface area contributed by atoms with Crippen molar-refractivity contribution in [2.75, 3.05) is 11.5 Å². The monoisotopic (exact) mass is 501 g/mol. The van der Waals surface area contributed by atoms with Crippen molar-refractivity contribution in [3.05, 3.63) is 71.3 Å². The molecule has 0 heterocycles. The largest absolute Gasteiger partial charge is 0.458 e. The topological polar surface area (TPSA) is 63.7 Å². The molecule has 0 spiro atoms. The number of amides is 1. The number of rotatable bonds is 10. The minimum absolute atomic E-state index is 0.0474. The minimum Gasteiger partial charge on any atom is -0.458 e. The van der Waals surface area contributed by atoms with Crippen LogP contribution in [0.4, 0.5) is 0 Å². The number of esters is 1. The second kappa shape index (κ2) is 13.0. The number of aryl methyl sites for hydroxylation is 1. The number of nitrogens with zero attached hydrogens (tertiary/aromatic N) is 1. The van der Waals surface area contributed by atoms with Crippen molar-refractivity contribution in [2.24, 2.45) is 5.92 Å². The predicted molar refractivity (Wildman–Crippen MR) is 142 cm³/mol. The van der Waals surface area contributed by atoms with E-state index in [9.17, 15) is 14.4 Å². The van der Waals surface area contributed by atoms with Gasteiger partial charge in [-0.2, -0.15) is 12.6 Å². The SMILES string of the molecule is CC(=O)SCC(Cc1ccccc1)C(=O)N(Cc1ccc(C)cc1)[C@H](CS)C(=O)OC(C)(C)C. The van der Waals surface area contributed by atoms with Crippen LogP contribution in [0.15, 0.2) is 54.6 Å². The van der Waals surface area contributed by atoms with Crippen LogP contribution in [0.25, 0.3) is 0 Å². The number of carbonyl (C=O) groups excluding carboxylic acids is 3. The predicted octanol–water partition coefficient (Wildman–Crippen LogP) is 5.10. The van der Waals surface area contributed by atoms with E-state index in [2.05, 4.69) is 12.6 Å². The number of carbonyl (C=O) groups is 3. The van der Waals surface area contributed by atoms with Gasteiger partial charge in [0.1, 0.15) is 11.6 Å². The van der Waals surface area contributed by atoms with E-state index in [-0.39, 0.29) is 23.3 Å². The van der Waals surface area contributed by atoms with E-state index in [4.69, 9.17) is 4.74 Å². The minimum atomic E-state index is -0.850. The van der Waals surface area contributed by atoms with Gasteiger partial charge in [-0.05, 0) is 45.2 Å². The number of thiol groups is 1. The molecule has 0 saturated carbocycles. The molecule has 184 valence electrons. The maximum atomic E-state index is 14.0. The Hall–Kier alpha value is -2.25. The fourth-order valence-electron chi connectivity index (χ4n) is 3.47. The quantitative estimate of drug-likeness (QED) is 0.362. The van der Waals surface area contributed by atoms with E-state index in [0.717, 1.165) is 28.5 Å². The summed E-state index contributed by atoms with van der Waals surface area (Å²) in [5.74, 6) is -0.693. The number of hydrogen-bond acceptors (Lipinski definition) is 6. The molecule has 1 amide bonds. The van der Waals surface area contributed by atoms with Crippen molar-refractivity contribution in [1.29, 1.82) is 0 Å². The molecule has 0 aliphatic heterocycles. The van der Waals surface area contributed by atoms with Crippen molar-refractivity contribution in [1.82, 2.24) is 4.90 Å². The van der Waals surface area contributed by atoms with Crippen LogP contribution in [-0.4, -0.2) is 45.0 Å². The second-order valence-electron chi connectivity index (χ2n) is 9.37. The lowest BCUT2D eigenvalue weighted by Crippen LogP contribution is -2.50. The van der Waals surface area contributed by atoms with Crippen molar-refractivity contribution in [3.8, 4) is 0 Å². The Morgan fingerprint density at radius 3 is 2.15 bits per heavy atom. The smallest absolute Gasteiger partial charge is 0.330 e. The zero-order chi connectivity index (χ0) is 25.3. The molecule has 2 rings (SSSR count). The number of hydrogen-bond donors (Lipinski definition) is 1. The molecule has 0 N–H and O–H groups in total. The van der Waals surface area contributed by atoms with Gasteiger partial charge in [0.2, 0.25) is 5.91 Å². The average Bonchev–Trinajstić information content (AvgIpc) is 2.76. The van der Waals surface area contributed by atoms with Crippen molar-refractivity contribution in [2.45, 2.75) is 59.2 Å². The van der Waals surface area contributed by atoms with Gasteiger partial charge >= 0.3 is 5.97 Å². The summed E-state index contributed by atoms with van der Waals surface area (Å²) in [6.45, 7) is 9.14. The Bertz CT molecular complexity index is 955. The van der Waals surface area contributed by atoms with E-state index in [0.29, 0.717) is 12.2 Å². The van der Waals surface area contributed by atoms with Crippen molar-refractivity contribution in [3.63, 3.8) is 0 Å². The molecule has 5 nitrogen and oxygen atoms in total. The summed E-state index contributed by atoms with van der Waals surface area (Å²) in [4.78, 5) is 40.4.